The Morgan fingerprint density at radius 2 is 2.06 bits per heavy atom. The number of hydrogen-bond donors (Lipinski definition) is 2. The number of nitrogens with two attached hydrogens (primary N) is 2. The molecule has 0 saturated carbocycles. The van der Waals surface area contributed by atoms with Gasteiger partial charge in [0.2, 0.25) is 0 Å². The van der Waals surface area contributed by atoms with Gasteiger partial charge in [-0.25, -0.2) is 4.39 Å². The van der Waals surface area contributed by atoms with Crippen molar-refractivity contribution in [1.82, 2.24) is 0 Å². The molecule has 17 heavy (non-hydrogen) atoms. The predicted molar refractivity (Wildman–Crippen MR) is 65.5 cm³/mol. The zero-order chi connectivity index (χ0) is 12.5. The Morgan fingerprint density at radius 1 is 1.35 bits per heavy atom. The van der Waals surface area contributed by atoms with Gasteiger partial charge in [-0.05, 0) is 5.56 Å². The molecule has 1 aromatic rings. The Bertz CT molecular complexity index is 389. The van der Waals surface area contributed by atoms with Crippen molar-refractivity contribution in [3.05, 3.63) is 35.4 Å². The second kappa shape index (κ2) is 7.34. The summed E-state index contributed by atoms with van der Waals surface area (Å²) in [7, 11) is 0. The molecule has 5 nitrogen and oxygen atoms in total. The number of hydrogen-bond acceptors (Lipinski definition) is 3. The fourth-order valence-electron chi connectivity index (χ4n) is 1.17. The lowest BCUT2D eigenvalue weighted by atomic mass is 10.1. The normalized spacial score (nSPS) is 12.2. The van der Waals surface area contributed by atoms with Gasteiger partial charge in [-0.3, -0.25) is 0 Å². The predicted octanol–water partition coefficient (Wildman–Crippen LogP) is 0.780. The topological polar surface area (TPSA) is 86.0 Å². The quantitative estimate of drug-likeness (QED) is 0.332. The van der Waals surface area contributed by atoms with E-state index in [4.69, 9.17) is 16.2 Å². The molecule has 0 amide bonds. The van der Waals surface area contributed by atoms with Crippen molar-refractivity contribution in [2.75, 3.05) is 13.3 Å². The van der Waals surface area contributed by atoms with Crippen molar-refractivity contribution in [3.8, 4) is 0 Å². The fraction of sp³-hybridized carbons (Fsp3) is 0.273. The molecule has 0 spiro atoms. The number of rotatable bonds is 6. The number of alkyl halides is 1. The highest BCUT2D eigenvalue weighted by molar-refractivity contribution is 5.97. The van der Waals surface area contributed by atoms with Gasteiger partial charge < -0.3 is 16.2 Å². The Labute approximate surface area is 99.0 Å². The van der Waals surface area contributed by atoms with Crippen molar-refractivity contribution in [2.45, 2.75) is 6.61 Å². The van der Waals surface area contributed by atoms with E-state index in [0.29, 0.717) is 6.61 Å². The zero-order valence-electron chi connectivity index (χ0n) is 9.34. The van der Waals surface area contributed by atoms with Crippen molar-refractivity contribution in [1.29, 1.82) is 0 Å². The van der Waals surface area contributed by atoms with E-state index in [1.807, 2.05) is 12.1 Å². The van der Waals surface area contributed by atoms with E-state index in [-0.39, 0.29) is 12.4 Å². The van der Waals surface area contributed by atoms with E-state index in [1.54, 1.807) is 12.1 Å². The van der Waals surface area contributed by atoms with Gasteiger partial charge in [-0.2, -0.15) is 0 Å². The lowest BCUT2D eigenvalue weighted by Crippen LogP contribution is -2.12. The SMILES string of the molecule is N/C=N\N=C(/N)c1ccc(COCCF)cc1. The molecule has 1 rings (SSSR count). The summed E-state index contributed by atoms with van der Waals surface area (Å²) in [5.41, 5.74) is 12.4. The highest BCUT2D eigenvalue weighted by atomic mass is 19.1. The highest BCUT2D eigenvalue weighted by Gasteiger charge is 1.99. The van der Waals surface area contributed by atoms with Gasteiger partial charge in [0.1, 0.15) is 13.0 Å². The first-order chi connectivity index (χ1) is 8.27. The van der Waals surface area contributed by atoms with Crippen LogP contribution in [-0.2, 0) is 11.3 Å². The Balaban J connectivity index is 2.61. The first-order valence-corrected chi connectivity index (χ1v) is 5.07. The van der Waals surface area contributed by atoms with Crippen LogP contribution in [0, 0.1) is 0 Å². The summed E-state index contributed by atoms with van der Waals surface area (Å²) in [6, 6.07) is 7.25. The summed E-state index contributed by atoms with van der Waals surface area (Å²) in [5, 5.41) is 7.16. The van der Waals surface area contributed by atoms with Crippen LogP contribution in [0.3, 0.4) is 0 Å². The molecule has 0 saturated heterocycles. The molecule has 0 bridgehead atoms. The van der Waals surface area contributed by atoms with E-state index in [2.05, 4.69) is 10.2 Å². The molecule has 0 radical (unpaired) electrons. The average Bonchev–Trinajstić information content (AvgIpc) is 2.37. The molecule has 0 aliphatic heterocycles. The maximum atomic E-state index is 11.8. The zero-order valence-corrected chi connectivity index (χ0v) is 9.34. The summed E-state index contributed by atoms with van der Waals surface area (Å²) in [6.07, 6.45) is 1.06. The number of ether oxygens (including phenoxy) is 1. The van der Waals surface area contributed by atoms with E-state index in [0.717, 1.165) is 17.5 Å². The minimum atomic E-state index is -0.477. The minimum absolute atomic E-state index is 0.108. The van der Waals surface area contributed by atoms with Gasteiger partial charge in [0.25, 0.3) is 0 Å². The fourth-order valence-corrected chi connectivity index (χ4v) is 1.17. The van der Waals surface area contributed by atoms with Crippen LogP contribution >= 0.6 is 0 Å². The van der Waals surface area contributed by atoms with Crippen LogP contribution in [0.2, 0.25) is 0 Å². The number of amidine groups is 1. The van der Waals surface area contributed by atoms with Crippen LogP contribution in [0.1, 0.15) is 11.1 Å². The van der Waals surface area contributed by atoms with Crippen LogP contribution in [0.15, 0.2) is 34.5 Å². The third kappa shape index (κ3) is 4.60. The van der Waals surface area contributed by atoms with Crippen LogP contribution in [-0.4, -0.2) is 25.5 Å². The van der Waals surface area contributed by atoms with Crippen molar-refractivity contribution in [2.24, 2.45) is 21.7 Å². The second-order valence-corrected chi connectivity index (χ2v) is 3.19. The second-order valence-electron chi connectivity index (χ2n) is 3.19. The van der Waals surface area contributed by atoms with Crippen LogP contribution in [0.4, 0.5) is 4.39 Å². The third-order valence-corrected chi connectivity index (χ3v) is 1.97. The summed E-state index contributed by atoms with van der Waals surface area (Å²) in [5.74, 6) is 0.280. The smallest absolute Gasteiger partial charge is 0.153 e. The standard InChI is InChI=1S/C11H15FN4O/c12-5-6-17-7-9-1-3-10(4-2-9)11(14)16-15-8-13/h1-4,8H,5-7H2,(H2,13,15)(H2,14,16). The molecule has 0 unspecified atom stereocenters. The van der Waals surface area contributed by atoms with Gasteiger partial charge in [0.15, 0.2) is 5.84 Å². The largest absolute Gasteiger partial charge is 0.388 e. The van der Waals surface area contributed by atoms with Crippen molar-refractivity contribution < 1.29 is 9.13 Å². The van der Waals surface area contributed by atoms with E-state index in [1.165, 1.54) is 0 Å². The summed E-state index contributed by atoms with van der Waals surface area (Å²) >= 11 is 0. The van der Waals surface area contributed by atoms with Gasteiger partial charge in [0.05, 0.1) is 13.2 Å². The maximum Gasteiger partial charge on any atom is 0.153 e. The van der Waals surface area contributed by atoms with Crippen molar-refractivity contribution in [3.63, 3.8) is 0 Å². The molecule has 6 heteroatoms. The van der Waals surface area contributed by atoms with Crippen molar-refractivity contribution >= 4 is 12.2 Å². The maximum absolute atomic E-state index is 11.8. The molecule has 0 atom stereocenters. The third-order valence-electron chi connectivity index (χ3n) is 1.97. The lowest BCUT2D eigenvalue weighted by Gasteiger charge is -2.03. The molecular formula is C11H15FN4O. The van der Waals surface area contributed by atoms with Crippen LogP contribution in [0.25, 0.3) is 0 Å². The first kappa shape index (κ1) is 13.1. The van der Waals surface area contributed by atoms with E-state index < -0.39 is 6.67 Å². The molecule has 0 aromatic heterocycles. The number of halogens is 1. The molecule has 92 valence electrons. The number of benzene rings is 1. The molecular weight excluding hydrogens is 223 g/mol. The van der Waals surface area contributed by atoms with Gasteiger partial charge in [-0.15, -0.1) is 10.2 Å². The summed E-state index contributed by atoms with van der Waals surface area (Å²) in [6.45, 7) is 0.00749. The highest BCUT2D eigenvalue weighted by Crippen LogP contribution is 2.05. The first-order valence-electron chi connectivity index (χ1n) is 5.07. The molecule has 4 N–H and O–H groups in total. The summed E-state index contributed by atoms with van der Waals surface area (Å²) in [4.78, 5) is 0. The van der Waals surface area contributed by atoms with E-state index in [9.17, 15) is 4.39 Å². The molecule has 0 aliphatic rings. The van der Waals surface area contributed by atoms with Gasteiger partial charge in [-0.1, -0.05) is 24.3 Å². The van der Waals surface area contributed by atoms with Gasteiger partial charge in [0, 0.05) is 5.56 Å². The molecule has 0 fully saturated rings. The molecule has 0 heterocycles. The minimum Gasteiger partial charge on any atom is -0.388 e. The van der Waals surface area contributed by atoms with Gasteiger partial charge >= 0.3 is 0 Å². The van der Waals surface area contributed by atoms with E-state index >= 15 is 0 Å². The number of nitrogens with zero attached hydrogens (tertiary/aromatic N) is 2. The summed E-state index contributed by atoms with van der Waals surface area (Å²) < 4.78 is 16.9. The average molecular weight is 238 g/mol. The van der Waals surface area contributed by atoms with Crippen LogP contribution in [0.5, 0.6) is 0 Å². The Morgan fingerprint density at radius 3 is 2.65 bits per heavy atom. The monoisotopic (exact) mass is 238 g/mol. The Kier molecular flexibility index (Phi) is 5.67. The van der Waals surface area contributed by atoms with Crippen LogP contribution < -0.4 is 11.5 Å². The lowest BCUT2D eigenvalue weighted by molar-refractivity contribution is 0.106. The Hall–Kier alpha value is -1.95. The molecule has 0 aliphatic carbocycles. The molecule has 1 aromatic carbocycles.